The van der Waals surface area contributed by atoms with E-state index in [0.29, 0.717) is 31.4 Å². The Kier molecular flexibility index (Phi) is 5.57. The van der Waals surface area contributed by atoms with E-state index >= 15 is 0 Å². The zero-order valence-corrected chi connectivity index (χ0v) is 17.4. The van der Waals surface area contributed by atoms with Crippen molar-refractivity contribution in [2.24, 2.45) is 0 Å². The van der Waals surface area contributed by atoms with Gasteiger partial charge in [-0.3, -0.25) is 4.79 Å². The molecular formula is C22H27N5O3. The van der Waals surface area contributed by atoms with Crippen LogP contribution in [0.1, 0.15) is 54.9 Å². The highest BCUT2D eigenvalue weighted by molar-refractivity contribution is 5.97. The van der Waals surface area contributed by atoms with Crippen LogP contribution in [-0.4, -0.2) is 46.6 Å². The van der Waals surface area contributed by atoms with E-state index in [4.69, 9.17) is 4.98 Å². The van der Waals surface area contributed by atoms with Gasteiger partial charge in [0, 0.05) is 31.7 Å². The lowest BCUT2D eigenvalue weighted by atomic mass is 10.1. The average molecular weight is 409 g/mol. The maximum absolute atomic E-state index is 12.5. The van der Waals surface area contributed by atoms with Crippen LogP contribution in [0.25, 0.3) is 0 Å². The van der Waals surface area contributed by atoms with E-state index in [1.807, 2.05) is 6.92 Å². The molecule has 8 nitrogen and oxygen atoms in total. The summed E-state index contributed by atoms with van der Waals surface area (Å²) in [6, 6.07) is 5.39. The SMILES string of the molecule is CCc1cc(C(=O)O)ccc1Nc1ncc2c(n1)N(C1CCCC1)CCC(=O)N2C. The van der Waals surface area contributed by atoms with E-state index in [2.05, 4.69) is 15.2 Å². The van der Waals surface area contributed by atoms with Crippen molar-refractivity contribution in [1.29, 1.82) is 0 Å². The standard InChI is InChI=1S/C22H27N5O3/c1-3-14-12-15(21(29)30)8-9-17(14)24-22-23-13-18-20(25-22)27(16-6-4-5-7-16)11-10-19(28)26(18)2/h8-9,12-13,16H,3-7,10-11H2,1-2H3,(H,29,30)(H,23,24,25). The second kappa shape index (κ2) is 8.30. The number of carbonyl (C=O) groups is 2. The number of benzene rings is 1. The van der Waals surface area contributed by atoms with Crippen LogP contribution in [0.2, 0.25) is 0 Å². The van der Waals surface area contributed by atoms with Crippen LogP contribution in [0, 0.1) is 0 Å². The molecule has 0 saturated heterocycles. The Balaban J connectivity index is 1.70. The molecule has 0 spiro atoms. The van der Waals surface area contributed by atoms with Gasteiger partial charge in [-0.2, -0.15) is 4.98 Å². The zero-order valence-electron chi connectivity index (χ0n) is 17.4. The number of nitrogens with one attached hydrogen (secondary N) is 1. The summed E-state index contributed by atoms with van der Waals surface area (Å²) in [5.41, 5.74) is 2.65. The van der Waals surface area contributed by atoms with Gasteiger partial charge < -0.3 is 20.2 Å². The number of aromatic carboxylic acids is 1. The van der Waals surface area contributed by atoms with Crippen LogP contribution in [0.3, 0.4) is 0 Å². The van der Waals surface area contributed by atoms with Gasteiger partial charge in [0.2, 0.25) is 11.9 Å². The third-order valence-electron chi connectivity index (χ3n) is 6.07. The van der Waals surface area contributed by atoms with E-state index in [1.54, 1.807) is 36.3 Å². The molecule has 1 aliphatic carbocycles. The van der Waals surface area contributed by atoms with Crippen LogP contribution >= 0.6 is 0 Å². The van der Waals surface area contributed by atoms with E-state index in [0.717, 1.165) is 35.6 Å². The summed E-state index contributed by atoms with van der Waals surface area (Å²) in [4.78, 5) is 36.9. The van der Waals surface area contributed by atoms with Crippen molar-refractivity contribution in [3.63, 3.8) is 0 Å². The van der Waals surface area contributed by atoms with Gasteiger partial charge in [-0.05, 0) is 43.0 Å². The number of rotatable bonds is 5. The monoisotopic (exact) mass is 409 g/mol. The number of aryl methyl sites for hydroxylation is 1. The molecule has 8 heteroatoms. The molecule has 1 amide bonds. The molecule has 1 saturated carbocycles. The number of amides is 1. The molecule has 1 fully saturated rings. The first-order chi connectivity index (χ1) is 14.5. The Hall–Kier alpha value is -3.16. The quantitative estimate of drug-likeness (QED) is 0.778. The van der Waals surface area contributed by atoms with Crippen molar-refractivity contribution in [1.82, 2.24) is 9.97 Å². The number of aromatic nitrogens is 2. The second-order valence-electron chi connectivity index (χ2n) is 7.89. The summed E-state index contributed by atoms with van der Waals surface area (Å²) in [6.07, 6.45) is 7.47. The van der Waals surface area contributed by atoms with E-state index in [1.165, 1.54) is 12.8 Å². The van der Waals surface area contributed by atoms with E-state index in [9.17, 15) is 14.7 Å². The van der Waals surface area contributed by atoms with Gasteiger partial charge in [0.25, 0.3) is 0 Å². The fourth-order valence-electron chi connectivity index (χ4n) is 4.33. The minimum absolute atomic E-state index is 0.0681. The van der Waals surface area contributed by atoms with Crippen LogP contribution < -0.4 is 15.1 Å². The van der Waals surface area contributed by atoms with Crippen molar-refractivity contribution in [3.05, 3.63) is 35.5 Å². The highest BCUT2D eigenvalue weighted by Gasteiger charge is 2.31. The minimum Gasteiger partial charge on any atom is -0.478 e. The molecule has 4 rings (SSSR count). The molecule has 158 valence electrons. The fourth-order valence-corrected chi connectivity index (χ4v) is 4.33. The maximum Gasteiger partial charge on any atom is 0.335 e. The molecule has 1 aliphatic heterocycles. The highest BCUT2D eigenvalue weighted by atomic mass is 16.4. The molecular weight excluding hydrogens is 382 g/mol. The maximum atomic E-state index is 12.5. The van der Waals surface area contributed by atoms with Crippen molar-refractivity contribution in [2.75, 3.05) is 28.7 Å². The largest absolute Gasteiger partial charge is 0.478 e. The van der Waals surface area contributed by atoms with Crippen LogP contribution in [0.5, 0.6) is 0 Å². The smallest absolute Gasteiger partial charge is 0.335 e. The topological polar surface area (TPSA) is 98.7 Å². The van der Waals surface area contributed by atoms with Gasteiger partial charge >= 0.3 is 5.97 Å². The van der Waals surface area contributed by atoms with Crippen molar-refractivity contribution in [2.45, 2.75) is 51.5 Å². The van der Waals surface area contributed by atoms with Gasteiger partial charge in [-0.25, -0.2) is 9.78 Å². The van der Waals surface area contributed by atoms with E-state index < -0.39 is 5.97 Å². The lowest BCUT2D eigenvalue weighted by molar-refractivity contribution is -0.118. The molecule has 1 aromatic carbocycles. The third kappa shape index (κ3) is 3.81. The summed E-state index contributed by atoms with van der Waals surface area (Å²) in [7, 11) is 1.77. The lowest BCUT2D eigenvalue weighted by Gasteiger charge is -2.30. The molecule has 1 aromatic heterocycles. The third-order valence-corrected chi connectivity index (χ3v) is 6.07. The Labute approximate surface area is 175 Å². The highest BCUT2D eigenvalue weighted by Crippen LogP contribution is 2.36. The number of fused-ring (bicyclic) bond motifs is 1. The number of anilines is 4. The predicted molar refractivity (Wildman–Crippen MR) is 116 cm³/mol. The molecule has 0 atom stereocenters. The Morgan fingerprint density at radius 2 is 2.07 bits per heavy atom. The number of carboxylic acid groups (broad SMARTS) is 1. The van der Waals surface area contributed by atoms with Gasteiger partial charge in [0.05, 0.1) is 11.8 Å². The normalized spacial score (nSPS) is 17.1. The Morgan fingerprint density at radius 3 is 2.77 bits per heavy atom. The Bertz CT molecular complexity index is 971. The number of hydrogen-bond acceptors (Lipinski definition) is 6. The molecule has 0 unspecified atom stereocenters. The van der Waals surface area contributed by atoms with Gasteiger partial charge in [0.1, 0.15) is 5.69 Å². The molecule has 2 aromatic rings. The number of carboxylic acids is 1. The molecule has 2 heterocycles. The first-order valence-electron chi connectivity index (χ1n) is 10.5. The van der Waals surface area contributed by atoms with Crippen molar-refractivity contribution >= 4 is 35.0 Å². The van der Waals surface area contributed by atoms with Crippen molar-refractivity contribution in [3.8, 4) is 0 Å². The summed E-state index contributed by atoms with van der Waals surface area (Å²) in [5, 5.41) is 12.5. The minimum atomic E-state index is -0.947. The molecule has 2 N–H and O–H groups in total. The zero-order chi connectivity index (χ0) is 21.3. The molecule has 0 radical (unpaired) electrons. The predicted octanol–water partition coefficient (Wildman–Crippen LogP) is 3.60. The van der Waals surface area contributed by atoms with Gasteiger partial charge in [-0.1, -0.05) is 19.8 Å². The lowest BCUT2D eigenvalue weighted by Crippen LogP contribution is -2.34. The summed E-state index contributed by atoms with van der Waals surface area (Å²) >= 11 is 0. The van der Waals surface area contributed by atoms with Crippen LogP contribution in [0.15, 0.2) is 24.4 Å². The molecule has 0 bridgehead atoms. The number of carbonyl (C=O) groups excluding carboxylic acids is 1. The van der Waals surface area contributed by atoms with Gasteiger partial charge in [-0.15, -0.1) is 0 Å². The summed E-state index contributed by atoms with van der Waals surface area (Å²) in [6.45, 7) is 2.64. The van der Waals surface area contributed by atoms with Crippen LogP contribution in [0.4, 0.5) is 23.1 Å². The number of hydrogen-bond donors (Lipinski definition) is 2. The first kappa shape index (κ1) is 20.1. The second-order valence-corrected chi connectivity index (χ2v) is 7.89. The van der Waals surface area contributed by atoms with Crippen molar-refractivity contribution < 1.29 is 14.7 Å². The summed E-state index contributed by atoms with van der Waals surface area (Å²) in [5.74, 6) is 0.348. The Morgan fingerprint density at radius 1 is 1.30 bits per heavy atom. The number of nitrogens with zero attached hydrogens (tertiary/aromatic N) is 4. The molecule has 2 aliphatic rings. The average Bonchev–Trinajstić information content (AvgIpc) is 3.24. The van der Waals surface area contributed by atoms with E-state index in [-0.39, 0.29) is 11.5 Å². The summed E-state index contributed by atoms with van der Waals surface area (Å²) < 4.78 is 0. The fraction of sp³-hybridized carbons (Fsp3) is 0.455. The van der Waals surface area contributed by atoms with Gasteiger partial charge in [0.15, 0.2) is 5.82 Å². The molecule has 30 heavy (non-hydrogen) atoms. The first-order valence-corrected chi connectivity index (χ1v) is 10.5. The van der Waals surface area contributed by atoms with Crippen LogP contribution in [-0.2, 0) is 11.2 Å².